The van der Waals surface area contributed by atoms with E-state index in [0.29, 0.717) is 18.1 Å². The molecular formula is C18H18O3. The highest BCUT2D eigenvalue weighted by Crippen LogP contribution is 2.29. The fourth-order valence-corrected chi connectivity index (χ4v) is 2.30. The van der Waals surface area contributed by atoms with Gasteiger partial charge >= 0.3 is 0 Å². The van der Waals surface area contributed by atoms with Crippen LogP contribution in [-0.4, -0.2) is 11.7 Å². The zero-order chi connectivity index (χ0) is 14.5. The standard InChI is InChI=1S/C18H18O3/c19-18(17-11-4-5-12-20-17)14-7-6-10-16(13-14)21-15-8-2-1-3-9-15/h1-3,6-11,13,18-19H,4-5,12H2. The van der Waals surface area contributed by atoms with Gasteiger partial charge in [-0.3, -0.25) is 0 Å². The van der Waals surface area contributed by atoms with Gasteiger partial charge in [-0.15, -0.1) is 0 Å². The van der Waals surface area contributed by atoms with Crippen molar-refractivity contribution in [2.24, 2.45) is 0 Å². The molecule has 1 heterocycles. The van der Waals surface area contributed by atoms with E-state index in [0.717, 1.165) is 24.2 Å². The summed E-state index contributed by atoms with van der Waals surface area (Å²) in [6.45, 7) is 0.670. The zero-order valence-corrected chi connectivity index (χ0v) is 11.7. The topological polar surface area (TPSA) is 38.7 Å². The van der Waals surface area contributed by atoms with Crippen LogP contribution in [0.3, 0.4) is 0 Å². The highest BCUT2D eigenvalue weighted by Gasteiger charge is 2.17. The highest BCUT2D eigenvalue weighted by molar-refractivity contribution is 5.36. The third-order valence-electron chi connectivity index (χ3n) is 3.38. The second-order valence-electron chi connectivity index (χ2n) is 4.99. The van der Waals surface area contributed by atoms with Crippen LogP contribution in [0.5, 0.6) is 11.5 Å². The Balaban J connectivity index is 1.78. The first kappa shape index (κ1) is 13.7. The lowest BCUT2D eigenvalue weighted by Gasteiger charge is -2.20. The van der Waals surface area contributed by atoms with Gasteiger partial charge in [0.2, 0.25) is 0 Å². The molecule has 0 spiro atoms. The van der Waals surface area contributed by atoms with E-state index in [1.165, 1.54) is 0 Å². The summed E-state index contributed by atoms with van der Waals surface area (Å²) in [5, 5.41) is 10.4. The molecule has 1 aliphatic rings. The van der Waals surface area contributed by atoms with E-state index < -0.39 is 6.10 Å². The van der Waals surface area contributed by atoms with Gasteiger partial charge in [-0.1, -0.05) is 30.3 Å². The SMILES string of the molecule is OC(C1=CCCCO1)c1cccc(Oc2ccccc2)c1. The molecule has 1 N–H and O–H groups in total. The Bertz CT molecular complexity index is 619. The molecule has 0 radical (unpaired) electrons. The largest absolute Gasteiger partial charge is 0.495 e. The lowest BCUT2D eigenvalue weighted by Crippen LogP contribution is -2.09. The summed E-state index contributed by atoms with van der Waals surface area (Å²) < 4.78 is 11.3. The van der Waals surface area contributed by atoms with Gasteiger partial charge in [0.15, 0.2) is 0 Å². The molecular weight excluding hydrogens is 264 g/mol. The van der Waals surface area contributed by atoms with Crippen LogP contribution in [0.2, 0.25) is 0 Å². The smallest absolute Gasteiger partial charge is 0.136 e. The van der Waals surface area contributed by atoms with Gasteiger partial charge in [0.1, 0.15) is 23.4 Å². The minimum absolute atomic E-state index is 0.637. The van der Waals surface area contributed by atoms with Crippen LogP contribution in [0.15, 0.2) is 66.4 Å². The molecule has 0 aliphatic carbocycles. The van der Waals surface area contributed by atoms with E-state index in [9.17, 15) is 5.11 Å². The predicted octanol–water partition coefficient (Wildman–Crippen LogP) is 4.21. The van der Waals surface area contributed by atoms with E-state index >= 15 is 0 Å². The third kappa shape index (κ3) is 3.44. The molecule has 21 heavy (non-hydrogen) atoms. The molecule has 2 aromatic carbocycles. The minimum Gasteiger partial charge on any atom is -0.495 e. The van der Waals surface area contributed by atoms with Crippen LogP contribution in [0.1, 0.15) is 24.5 Å². The molecule has 1 unspecified atom stereocenters. The molecule has 3 rings (SSSR count). The summed E-state index contributed by atoms with van der Waals surface area (Å²) in [6, 6.07) is 17.1. The minimum atomic E-state index is -0.732. The average molecular weight is 282 g/mol. The quantitative estimate of drug-likeness (QED) is 0.913. The first-order valence-electron chi connectivity index (χ1n) is 7.17. The molecule has 2 aromatic rings. The van der Waals surface area contributed by atoms with Crippen molar-refractivity contribution in [2.45, 2.75) is 18.9 Å². The zero-order valence-electron chi connectivity index (χ0n) is 11.7. The second-order valence-corrected chi connectivity index (χ2v) is 4.99. The average Bonchev–Trinajstić information content (AvgIpc) is 2.56. The maximum Gasteiger partial charge on any atom is 0.136 e. The Kier molecular flexibility index (Phi) is 4.22. The molecule has 3 nitrogen and oxygen atoms in total. The van der Waals surface area contributed by atoms with E-state index in [4.69, 9.17) is 9.47 Å². The number of para-hydroxylation sites is 1. The summed E-state index contributed by atoms with van der Waals surface area (Å²) in [6.07, 6.45) is 3.18. The summed E-state index contributed by atoms with van der Waals surface area (Å²) >= 11 is 0. The Hall–Kier alpha value is -2.26. The van der Waals surface area contributed by atoms with Gasteiger partial charge < -0.3 is 14.6 Å². The van der Waals surface area contributed by atoms with Crippen molar-refractivity contribution in [1.29, 1.82) is 0 Å². The molecule has 108 valence electrons. The van der Waals surface area contributed by atoms with Gasteiger partial charge in [0.25, 0.3) is 0 Å². The monoisotopic (exact) mass is 282 g/mol. The number of hydrogen-bond donors (Lipinski definition) is 1. The molecule has 1 aliphatic heterocycles. The fraction of sp³-hybridized carbons (Fsp3) is 0.222. The maximum absolute atomic E-state index is 10.4. The lowest BCUT2D eigenvalue weighted by molar-refractivity contribution is 0.0917. The van der Waals surface area contributed by atoms with Crippen LogP contribution in [0.25, 0.3) is 0 Å². The van der Waals surface area contributed by atoms with E-state index in [1.807, 2.05) is 60.7 Å². The van der Waals surface area contributed by atoms with Crippen molar-refractivity contribution >= 4 is 0 Å². The van der Waals surface area contributed by atoms with Crippen LogP contribution in [0.4, 0.5) is 0 Å². The van der Waals surface area contributed by atoms with Crippen molar-refractivity contribution in [3.8, 4) is 11.5 Å². The Morgan fingerprint density at radius 2 is 1.81 bits per heavy atom. The molecule has 0 saturated carbocycles. The van der Waals surface area contributed by atoms with E-state index in [-0.39, 0.29) is 0 Å². The summed E-state index contributed by atoms with van der Waals surface area (Å²) in [7, 11) is 0. The van der Waals surface area contributed by atoms with Crippen LogP contribution in [0, 0.1) is 0 Å². The summed E-state index contributed by atoms with van der Waals surface area (Å²) in [4.78, 5) is 0. The van der Waals surface area contributed by atoms with Crippen molar-refractivity contribution < 1.29 is 14.6 Å². The number of ether oxygens (including phenoxy) is 2. The molecule has 0 bridgehead atoms. The van der Waals surface area contributed by atoms with Gasteiger partial charge in [0, 0.05) is 0 Å². The number of aliphatic hydroxyl groups is 1. The molecule has 0 amide bonds. The van der Waals surface area contributed by atoms with Crippen LogP contribution in [-0.2, 0) is 4.74 Å². The Morgan fingerprint density at radius 3 is 2.57 bits per heavy atom. The first-order chi connectivity index (χ1) is 10.3. The predicted molar refractivity (Wildman–Crippen MR) is 81.2 cm³/mol. The van der Waals surface area contributed by atoms with E-state index in [2.05, 4.69) is 0 Å². The normalized spacial score (nSPS) is 15.8. The molecule has 3 heteroatoms. The highest BCUT2D eigenvalue weighted by atomic mass is 16.5. The van der Waals surface area contributed by atoms with Crippen molar-refractivity contribution in [2.75, 3.05) is 6.61 Å². The van der Waals surface area contributed by atoms with Gasteiger partial charge in [-0.2, -0.15) is 0 Å². The molecule has 0 aromatic heterocycles. The number of benzene rings is 2. The lowest BCUT2D eigenvalue weighted by atomic mass is 10.1. The summed E-state index contributed by atoms with van der Waals surface area (Å²) in [5.74, 6) is 2.12. The second kappa shape index (κ2) is 6.46. The molecule has 0 fully saturated rings. The molecule has 0 saturated heterocycles. The van der Waals surface area contributed by atoms with Crippen LogP contribution >= 0.6 is 0 Å². The Labute approximate surface area is 124 Å². The van der Waals surface area contributed by atoms with Crippen molar-refractivity contribution in [3.63, 3.8) is 0 Å². The number of rotatable bonds is 4. The van der Waals surface area contributed by atoms with Gasteiger partial charge in [-0.25, -0.2) is 0 Å². The Morgan fingerprint density at radius 1 is 1.00 bits per heavy atom. The van der Waals surface area contributed by atoms with Crippen LogP contribution < -0.4 is 4.74 Å². The maximum atomic E-state index is 10.4. The number of allylic oxidation sites excluding steroid dienone is 1. The van der Waals surface area contributed by atoms with E-state index in [1.54, 1.807) is 0 Å². The van der Waals surface area contributed by atoms with Crippen molar-refractivity contribution in [3.05, 3.63) is 72.0 Å². The fourth-order valence-electron chi connectivity index (χ4n) is 2.30. The summed E-state index contributed by atoms with van der Waals surface area (Å²) in [5.41, 5.74) is 0.775. The van der Waals surface area contributed by atoms with Crippen molar-refractivity contribution in [1.82, 2.24) is 0 Å². The van der Waals surface area contributed by atoms with Gasteiger partial charge in [0.05, 0.1) is 6.61 Å². The third-order valence-corrected chi connectivity index (χ3v) is 3.38. The number of hydrogen-bond acceptors (Lipinski definition) is 3. The first-order valence-corrected chi connectivity index (χ1v) is 7.17. The van der Waals surface area contributed by atoms with Gasteiger partial charge in [-0.05, 0) is 48.7 Å². The number of aliphatic hydroxyl groups excluding tert-OH is 1. The molecule has 1 atom stereocenters.